The van der Waals surface area contributed by atoms with Gasteiger partial charge in [0.05, 0.1) is 14.2 Å². The largest absolute Gasteiger partial charge is 0.493 e. The summed E-state index contributed by atoms with van der Waals surface area (Å²) < 4.78 is 10.8. The van der Waals surface area contributed by atoms with Crippen LogP contribution in [0.2, 0.25) is 0 Å². The highest BCUT2D eigenvalue weighted by molar-refractivity contribution is 5.46. The van der Waals surface area contributed by atoms with Crippen molar-refractivity contribution < 1.29 is 9.47 Å². The summed E-state index contributed by atoms with van der Waals surface area (Å²) in [5.74, 6) is 1.74. The molecule has 0 fully saturated rings. The molecule has 0 aromatic heterocycles. The molecule has 0 bridgehead atoms. The van der Waals surface area contributed by atoms with Crippen molar-refractivity contribution in [1.29, 1.82) is 0 Å². The molecule has 126 valence electrons. The van der Waals surface area contributed by atoms with Crippen LogP contribution in [0.25, 0.3) is 0 Å². The Bertz CT molecular complexity index is 387. The molecule has 1 aromatic rings. The summed E-state index contributed by atoms with van der Waals surface area (Å²) >= 11 is 0. The van der Waals surface area contributed by atoms with Gasteiger partial charge in [-0.05, 0) is 24.5 Å². The molecule has 2 nitrogen and oxygen atoms in total. The highest BCUT2D eigenvalue weighted by Gasteiger charge is 2.08. The van der Waals surface area contributed by atoms with E-state index in [1.807, 2.05) is 12.1 Å². The minimum absolute atomic E-state index is 0.840. The van der Waals surface area contributed by atoms with Gasteiger partial charge >= 0.3 is 0 Å². The highest BCUT2D eigenvalue weighted by Crippen LogP contribution is 2.31. The maximum absolute atomic E-state index is 5.48. The Kier molecular flexibility index (Phi) is 10.6. The lowest BCUT2D eigenvalue weighted by Crippen LogP contribution is -1.96. The standard InChI is InChI=1S/C20H34O2/c1-4-5-6-7-8-9-10-11-12-13-15-18-16-14-17-19(21-2)20(18)22-3/h14,16-17H,4-13,15H2,1-3H3. The average molecular weight is 306 g/mol. The topological polar surface area (TPSA) is 18.5 Å². The first-order valence-electron chi connectivity index (χ1n) is 9.03. The zero-order chi connectivity index (χ0) is 16.0. The molecule has 1 rings (SSSR count). The van der Waals surface area contributed by atoms with Crippen molar-refractivity contribution in [3.63, 3.8) is 0 Å². The second-order valence-corrected chi connectivity index (χ2v) is 6.08. The van der Waals surface area contributed by atoms with Gasteiger partial charge in [-0.3, -0.25) is 0 Å². The van der Waals surface area contributed by atoms with Crippen molar-refractivity contribution in [3.05, 3.63) is 23.8 Å². The summed E-state index contributed by atoms with van der Waals surface area (Å²) in [5, 5.41) is 0. The molecule has 0 heterocycles. The van der Waals surface area contributed by atoms with Crippen LogP contribution in [0.3, 0.4) is 0 Å². The second-order valence-electron chi connectivity index (χ2n) is 6.08. The fraction of sp³-hybridized carbons (Fsp3) is 0.700. The number of para-hydroxylation sites is 1. The van der Waals surface area contributed by atoms with Crippen molar-refractivity contribution in [2.45, 2.75) is 77.6 Å². The maximum Gasteiger partial charge on any atom is 0.163 e. The fourth-order valence-corrected chi connectivity index (χ4v) is 2.95. The zero-order valence-corrected chi connectivity index (χ0v) is 14.8. The molecule has 22 heavy (non-hydrogen) atoms. The van der Waals surface area contributed by atoms with Gasteiger partial charge in [0.25, 0.3) is 0 Å². The Morgan fingerprint density at radius 2 is 1.32 bits per heavy atom. The Balaban J connectivity index is 2.12. The Morgan fingerprint density at radius 3 is 1.86 bits per heavy atom. The first kappa shape index (κ1) is 18.9. The Hall–Kier alpha value is -1.18. The number of hydrogen-bond acceptors (Lipinski definition) is 2. The average Bonchev–Trinajstić information content (AvgIpc) is 2.56. The normalized spacial score (nSPS) is 10.7. The number of methoxy groups -OCH3 is 2. The number of ether oxygens (including phenoxy) is 2. The zero-order valence-electron chi connectivity index (χ0n) is 14.8. The summed E-state index contributed by atoms with van der Waals surface area (Å²) in [7, 11) is 3.42. The molecular formula is C20H34O2. The van der Waals surface area contributed by atoms with E-state index in [2.05, 4.69) is 13.0 Å². The van der Waals surface area contributed by atoms with E-state index in [1.54, 1.807) is 14.2 Å². The van der Waals surface area contributed by atoms with Crippen LogP contribution in [0.1, 0.15) is 76.7 Å². The van der Waals surface area contributed by atoms with Crippen LogP contribution in [0, 0.1) is 0 Å². The van der Waals surface area contributed by atoms with Crippen LogP contribution in [0.4, 0.5) is 0 Å². The Morgan fingerprint density at radius 1 is 0.727 bits per heavy atom. The lowest BCUT2D eigenvalue weighted by Gasteiger charge is -2.12. The lowest BCUT2D eigenvalue weighted by atomic mass is 10.0. The van der Waals surface area contributed by atoms with Gasteiger partial charge in [-0.15, -0.1) is 0 Å². The molecule has 1 aromatic carbocycles. The monoisotopic (exact) mass is 306 g/mol. The number of aryl methyl sites for hydroxylation is 1. The van der Waals surface area contributed by atoms with Gasteiger partial charge in [-0.25, -0.2) is 0 Å². The molecule has 0 spiro atoms. The van der Waals surface area contributed by atoms with Gasteiger partial charge in [0.2, 0.25) is 0 Å². The number of benzene rings is 1. The van der Waals surface area contributed by atoms with E-state index in [9.17, 15) is 0 Å². The van der Waals surface area contributed by atoms with E-state index < -0.39 is 0 Å². The molecule has 0 radical (unpaired) electrons. The third kappa shape index (κ3) is 7.20. The van der Waals surface area contributed by atoms with Crippen molar-refractivity contribution in [2.24, 2.45) is 0 Å². The van der Waals surface area contributed by atoms with Crippen molar-refractivity contribution in [1.82, 2.24) is 0 Å². The summed E-state index contributed by atoms with van der Waals surface area (Å²) in [5.41, 5.74) is 1.27. The highest BCUT2D eigenvalue weighted by atomic mass is 16.5. The van der Waals surface area contributed by atoms with Gasteiger partial charge in [-0.2, -0.15) is 0 Å². The number of hydrogen-bond donors (Lipinski definition) is 0. The van der Waals surface area contributed by atoms with Crippen LogP contribution in [-0.2, 0) is 6.42 Å². The second kappa shape index (κ2) is 12.4. The van der Waals surface area contributed by atoms with Gasteiger partial charge < -0.3 is 9.47 Å². The van der Waals surface area contributed by atoms with Gasteiger partial charge in [0, 0.05) is 0 Å². The summed E-state index contributed by atoms with van der Waals surface area (Å²) in [6.45, 7) is 2.28. The van der Waals surface area contributed by atoms with Gasteiger partial charge in [0.15, 0.2) is 11.5 Å². The molecular weight excluding hydrogens is 272 g/mol. The summed E-state index contributed by atoms with van der Waals surface area (Å²) in [4.78, 5) is 0. The van der Waals surface area contributed by atoms with Crippen LogP contribution < -0.4 is 9.47 Å². The van der Waals surface area contributed by atoms with E-state index in [1.165, 1.54) is 69.8 Å². The van der Waals surface area contributed by atoms with Crippen LogP contribution >= 0.6 is 0 Å². The molecule has 2 heteroatoms. The number of rotatable bonds is 13. The quantitative estimate of drug-likeness (QED) is 0.406. The lowest BCUT2D eigenvalue weighted by molar-refractivity contribution is 0.351. The van der Waals surface area contributed by atoms with E-state index in [0.717, 1.165) is 17.9 Å². The molecule has 0 aliphatic rings. The molecule has 0 N–H and O–H groups in total. The molecule has 0 unspecified atom stereocenters. The van der Waals surface area contributed by atoms with Crippen molar-refractivity contribution in [2.75, 3.05) is 14.2 Å². The van der Waals surface area contributed by atoms with Gasteiger partial charge in [-0.1, -0.05) is 76.8 Å². The first-order valence-corrected chi connectivity index (χ1v) is 9.03. The third-order valence-electron chi connectivity index (χ3n) is 4.28. The van der Waals surface area contributed by atoms with Crippen LogP contribution in [0.15, 0.2) is 18.2 Å². The summed E-state index contributed by atoms with van der Waals surface area (Å²) in [6.07, 6.45) is 14.8. The first-order chi connectivity index (χ1) is 10.8. The molecule has 0 saturated carbocycles. The predicted molar refractivity (Wildman–Crippen MR) is 95.1 cm³/mol. The third-order valence-corrected chi connectivity index (χ3v) is 4.28. The molecule has 0 aliphatic heterocycles. The molecule has 0 atom stereocenters. The maximum atomic E-state index is 5.48. The van der Waals surface area contributed by atoms with Gasteiger partial charge in [0.1, 0.15) is 0 Å². The van der Waals surface area contributed by atoms with Crippen molar-refractivity contribution in [3.8, 4) is 11.5 Å². The molecule has 0 amide bonds. The van der Waals surface area contributed by atoms with Crippen LogP contribution in [-0.4, -0.2) is 14.2 Å². The minimum atomic E-state index is 0.840. The summed E-state index contributed by atoms with van der Waals surface area (Å²) in [6, 6.07) is 6.16. The molecule has 0 aliphatic carbocycles. The van der Waals surface area contributed by atoms with E-state index in [0.29, 0.717) is 0 Å². The minimum Gasteiger partial charge on any atom is -0.493 e. The van der Waals surface area contributed by atoms with E-state index in [-0.39, 0.29) is 0 Å². The van der Waals surface area contributed by atoms with E-state index >= 15 is 0 Å². The predicted octanol–water partition coefficient (Wildman–Crippen LogP) is 6.17. The smallest absolute Gasteiger partial charge is 0.163 e. The van der Waals surface area contributed by atoms with Crippen LogP contribution in [0.5, 0.6) is 11.5 Å². The SMILES string of the molecule is CCCCCCCCCCCCc1cccc(OC)c1OC. The van der Waals surface area contributed by atoms with Crippen molar-refractivity contribution >= 4 is 0 Å². The fourth-order valence-electron chi connectivity index (χ4n) is 2.95. The Labute approximate surface area is 137 Å². The van der Waals surface area contributed by atoms with E-state index in [4.69, 9.17) is 9.47 Å². The molecule has 0 saturated heterocycles. The number of unbranched alkanes of at least 4 members (excludes halogenated alkanes) is 9.